The second kappa shape index (κ2) is 3.61. The van der Waals surface area contributed by atoms with Gasteiger partial charge in [-0.1, -0.05) is 12.1 Å². The fourth-order valence-electron chi connectivity index (χ4n) is 1.61. The van der Waals surface area contributed by atoms with Gasteiger partial charge in [0.2, 0.25) is 0 Å². The highest BCUT2D eigenvalue weighted by molar-refractivity contribution is 7.19. The molecule has 70 valence electrons. The van der Waals surface area contributed by atoms with Crippen LogP contribution in [0.1, 0.15) is 16.0 Å². The predicted octanol–water partition coefficient (Wildman–Crippen LogP) is 3.82. The smallest absolute Gasteiger partial charge is 0.110 e. The first kappa shape index (κ1) is 9.51. The maximum atomic E-state index is 8.91. The number of hydrogen-bond donors (Lipinski definition) is 0. The SMILES string of the molecule is Cc1c(C#N)sc2cccc(CCl)c12. The van der Waals surface area contributed by atoms with Crippen molar-refractivity contribution in [3.05, 3.63) is 34.2 Å². The lowest BCUT2D eigenvalue weighted by Gasteiger charge is -1.98. The molecule has 1 aromatic heterocycles. The maximum absolute atomic E-state index is 8.91. The van der Waals surface area contributed by atoms with E-state index in [1.165, 1.54) is 11.3 Å². The first-order valence-electron chi connectivity index (χ1n) is 4.25. The molecule has 0 fully saturated rings. The predicted molar refractivity (Wildman–Crippen MR) is 60.8 cm³/mol. The largest absolute Gasteiger partial charge is 0.192 e. The highest BCUT2D eigenvalue weighted by atomic mass is 35.5. The summed E-state index contributed by atoms with van der Waals surface area (Å²) in [5, 5.41) is 10.1. The number of halogens is 1. The molecule has 1 nitrogen and oxygen atoms in total. The van der Waals surface area contributed by atoms with Crippen molar-refractivity contribution >= 4 is 33.0 Å². The Kier molecular flexibility index (Phi) is 2.45. The van der Waals surface area contributed by atoms with Crippen LogP contribution in [0.3, 0.4) is 0 Å². The van der Waals surface area contributed by atoms with Crippen molar-refractivity contribution < 1.29 is 0 Å². The Balaban J connectivity index is 2.87. The van der Waals surface area contributed by atoms with Gasteiger partial charge >= 0.3 is 0 Å². The summed E-state index contributed by atoms with van der Waals surface area (Å²) in [5.74, 6) is 0.500. The molecular formula is C11H8ClNS. The normalized spacial score (nSPS) is 10.4. The van der Waals surface area contributed by atoms with E-state index in [0.717, 1.165) is 26.1 Å². The van der Waals surface area contributed by atoms with Gasteiger partial charge in [-0.2, -0.15) is 5.26 Å². The second-order valence-electron chi connectivity index (χ2n) is 3.09. The molecule has 0 bridgehead atoms. The molecule has 0 saturated heterocycles. The molecule has 0 atom stereocenters. The molecule has 1 heterocycles. The molecule has 2 rings (SSSR count). The van der Waals surface area contributed by atoms with Crippen LogP contribution in [0.2, 0.25) is 0 Å². The lowest BCUT2D eigenvalue weighted by molar-refractivity contribution is 1.42. The minimum atomic E-state index is 0.500. The fourth-order valence-corrected chi connectivity index (χ4v) is 2.88. The van der Waals surface area contributed by atoms with Crippen LogP contribution in [0.4, 0.5) is 0 Å². The van der Waals surface area contributed by atoms with Crippen LogP contribution in [0, 0.1) is 18.3 Å². The summed E-state index contributed by atoms with van der Waals surface area (Å²) in [7, 11) is 0. The van der Waals surface area contributed by atoms with Gasteiger partial charge in [0.15, 0.2) is 0 Å². The van der Waals surface area contributed by atoms with Crippen LogP contribution in [0.5, 0.6) is 0 Å². The number of thiophene rings is 1. The summed E-state index contributed by atoms with van der Waals surface area (Å²) in [6.45, 7) is 1.98. The van der Waals surface area contributed by atoms with Crippen molar-refractivity contribution in [3.8, 4) is 6.07 Å². The molecule has 0 N–H and O–H groups in total. The third kappa shape index (κ3) is 1.30. The zero-order valence-corrected chi connectivity index (χ0v) is 9.25. The minimum Gasteiger partial charge on any atom is -0.192 e. The topological polar surface area (TPSA) is 23.8 Å². The minimum absolute atomic E-state index is 0.500. The summed E-state index contributed by atoms with van der Waals surface area (Å²) in [4.78, 5) is 0.789. The summed E-state index contributed by atoms with van der Waals surface area (Å²) >= 11 is 7.39. The number of nitriles is 1. The number of rotatable bonds is 1. The lowest BCUT2D eigenvalue weighted by atomic mass is 10.1. The first-order chi connectivity index (χ1) is 6.77. The van der Waals surface area contributed by atoms with Crippen molar-refractivity contribution in [2.24, 2.45) is 0 Å². The molecule has 0 radical (unpaired) electrons. The number of alkyl halides is 1. The Hall–Kier alpha value is -1.04. The summed E-state index contributed by atoms with van der Waals surface area (Å²) in [6.07, 6.45) is 0. The Morgan fingerprint density at radius 1 is 1.50 bits per heavy atom. The summed E-state index contributed by atoms with van der Waals surface area (Å²) in [5.41, 5.74) is 2.17. The number of benzene rings is 1. The van der Waals surface area contributed by atoms with E-state index in [2.05, 4.69) is 6.07 Å². The Labute approximate surface area is 91.5 Å². The van der Waals surface area contributed by atoms with E-state index in [-0.39, 0.29) is 0 Å². The van der Waals surface area contributed by atoms with Crippen molar-refractivity contribution in [1.29, 1.82) is 5.26 Å². The highest BCUT2D eigenvalue weighted by Gasteiger charge is 2.10. The molecular weight excluding hydrogens is 214 g/mol. The van der Waals surface area contributed by atoms with Crippen LogP contribution in [-0.4, -0.2) is 0 Å². The van der Waals surface area contributed by atoms with Gasteiger partial charge in [0.05, 0.1) is 0 Å². The Morgan fingerprint density at radius 3 is 2.93 bits per heavy atom. The van der Waals surface area contributed by atoms with Gasteiger partial charge in [-0.05, 0) is 24.1 Å². The average Bonchev–Trinajstić information content (AvgIpc) is 2.55. The molecule has 14 heavy (non-hydrogen) atoms. The maximum Gasteiger partial charge on any atom is 0.110 e. The van der Waals surface area contributed by atoms with Crippen LogP contribution in [-0.2, 0) is 5.88 Å². The van der Waals surface area contributed by atoms with Crippen LogP contribution in [0.25, 0.3) is 10.1 Å². The molecule has 3 heteroatoms. The zero-order chi connectivity index (χ0) is 10.1. The Bertz CT molecular complexity index is 522. The molecule has 0 unspecified atom stereocenters. The van der Waals surface area contributed by atoms with Crippen molar-refractivity contribution in [3.63, 3.8) is 0 Å². The van der Waals surface area contributed by atoms with E-state index in [1.807, 2.05) is 25.1 Å². The van der Waals surface area contributed by atoms with Crippen LogP contribution < -0.4 is 0 Å². The third-order valence-electron chi connectivity index (χ3n) is 2.29. The number of aryl methyl sites for hydroxylation is 1. The molecule has 0 aliphatic rings. The van der Waals surface area contributed by atoms with Gasteiger partial charge in [0, 0.05) is 16.0 Å². The third-order valence-corrected chi connectivity index (χ3v) is 3.74. The zero-order valence-electron chi connectivity index (χ0n) is 7.67. The first-order valence-corrected chi connectivity index (χ1v) is 5.60. The average molecular weight is 222 g/mol. The number of nitrogens with zero attached hydrogens (tertiary/aromatic N) is 1. The van der Waals surface area contributed by atoms with E-state index in [9.17, 15) is 0 Å². The monoisotopic (exact) mass is 221 g/mol. The van der Waals surface area contributed by atoms with Gasteiger partial charge < -0.3 is 0 Å². The standard InChI is InChI=1S/C11H8ClNS/c1-7-10(6-13)14-9-4-2-3-8(5-12)11(7)9/h2-4H,5H2,1H3. The second-order valence-corrected chi connectivity index (χ2v) is 4.41. The van der Waals surface area contributed by atoms with Gasteiger partial charge in [-0.3, -0.25) is 0 Å². The van der Waals surface area contributed by atoms with Crippen molar-refractivity contribution in [1.82, 2.24) is 0 Å². The highest BCUT2D eigenvalue weighted by Crippen LogP contribution is 2.33. The lowest BCUT2D eigenvalue weighted by Crippen LogP contribution is -1.80. The fraction of sp³-hybridized carbons (Fsp3) is 0.182. The van der Waals surface area contributed by atoms with Gasteiger partial charge in [-0.15, -0.1) is 22.9 Å². The quantitative estimate of drug-likeness (QED) is 0.672. The molecule has 0 aliphatic heterocycles. The number of fused-ring (bicyclic) bond motifs is 1. The van der Waals surface area contributed by atoms with Gasteiger partial charge in [0.1, 0.15) is 10.9 Å². The molecule has 0 amide bonds. The molecule has 2 aromatic rings. The molecule has 1 aromatic carbocycles. The van der Waals surface area contributed by atoms with Crippen LogP contribution in [0.15, 0.2) is 18.2 Å². The van der Waals surface area contributed by atoms with Gasteiger partial charge in [0.25, 0.3) is 0 Å². The van der Waals surface area contributed by atoms with E-state index in [1.54, 1.807) is 0 Å². The van der Waals surface area contributed by atoms with E-state index >= 15 is 0 Å². The van der Waals surface area contributed by atoms with Crippen molar-refractivity contribution in [2.45, 2.75) is 12.8 Å². The molecule has 0 saturated carbocycles. The molecule has 0 spiro atoms. The Morgan fingerprint density at radius 2 is 2.29 bits per heavy atom. The molecule has 0 aliphatic carbocycles. The van der Waals surface area contributed by atoms with E-state index in [4.69, 9.17) is 16.9 Å². The summed E-state index contributed by atoms with van der Waals surface area (Å²) < 4.78 is 1.15. The van der Waals surface area contributed by atoms with E-state index < -0.39 is 0 Å². The van der Waals surface area contributed by atoms with Crippen LogP contribution >= 0.6 is 22.9 Å². The van der Waals surface area contributed by atoms with Crippen molar-refractivity contribution in [2.75, 3.05) is 0 Å². The van der Waals surface area contributed by atoms with E-state index in [0.29, 0.717) is 5.88 Å². The number of hydrogen-bond acceptors (Lipinski definition) is 2. The summed E-state index contributed by atoms with van der Waals surface area (Å²) in [6, 6.07) is 8.24. The van der Waals surface area contributed by atoms with Gasteiger partial charge in [-0.25, -0.2) is 0 Å².